The molecule has 0 aliphatic carbocycles. The van der Waals surface area contributed by atoms with Crippen molar-refractivity contribution in [2.75, 3.05) is 13.7 Å². The largest absolute Gasteiger partial charge is 0.383 e. The van der Waals surface area contributed by atoms with Crippen molar-refractivity contribution in [1.82, 2.24) is 9.78 Å². The molecule has 0 amide bonds. The van der Waals surface area contributed by atoms with E-state index in [4.69, 9.17) is 16.3 Å². The first kappa shape index (κ1) is 14.9. The Hall–Kier alpha value is -1.14. The van der Waals surface area contributed by atoms with Crippen molar-refractivity contribution in [3.63, 3.8) is 0 Å². The van der Waals surface area contributed by atoms with Gasteiger partial charge in [-0.1, -0.05) is 13.3 Å². The van der Waals surface area contributed by atoms with Crippen molar-refractivity contribution in [3.05, 3.63) is 21.5 Å². The molecule has 0 radical (unpaired) electrons. The monoisotopic (exact) mass is 275 g/mol. The lowest BCUT2D eigenvalue weighted by molar-refractivity contribution is -0.386. The molecule has 0 aromatic carbocycles. The van der Waals surface area contributed by atoms with Crippen molar-refractivity contribution in [3.8, 4) is 0 Å². The Kier molecular flexibility index (Phi) is 5.55. The molecule has 1 atom stereocenters. The molecule has 1 rings (SSSR count). The molecule has 0 spiro atoms. The molecule has 1 unspecified atom stereocenters. The SMILES string of the molecule is CCCc1nn(C)c(CC(Cl)COC)c1[N+](=O)[O-]. The van der Waals surface area contributed by atoms with Gasteiger partial charge < -0.3 is 4.74 Å². The van der Waals surface area contributed by atoms with E-state index in [1.807, 2.05) is 6.92 Å². The average molecular weight is 276 g/mol. The Morgan fingerprint density at radius 2 is 2.28 bits per heavy atom. The van der Waals surface area contributed by atoms with Crippen LogP contribution in [0.25, 0.3) is 0 Å². The molecule has 7 heteroatoms. The lowest BCUT2D eigenvalue weighted by atomic mass is 10.1. The van der Waals surface area contributed by atoms with Gasteiger partial charge in [0.1, 0.15) is 11.4 Å². The van der Waals surface area contributed by atoms with Gasteiger partial charge in [0, 0.05) is 20.6 Å². The summed E-state index contributed by atoms with van der Waals surface area (Å²) in [4.78, 5) is 10.8. The summed E-state index contributed by atoms with van der Waals surface area (Å²) < 4.78 is 6.49. The molecule has 0 N–H and O–H groups in total. The Balaban J connectivity index is 3.05. The molecule has 6 nitrogen and oxygen atoms in total. The zero-order valence-electron chi connectivity index (χ0n) is 10.9. The third kappa shape index (κ3) is 3.43. The van der Waals surface area contributed by atoms with Gasteiger partial charge in [0.2, 0.25) is 0 Å². The van der Waals surface area contributed by atoms with Crippen molar-refractivity contribution in [2.24, 2.45) is 7.05 Å². The summed E-state index contributed by atoms with van der Waals surface area (Å²) in [6.45, 7) is 2.32. The predicted octanol–water partition coefficient (Wildman–Crippen LogP) is 2.08. The first-order chi connectivity index (χ1) is 8.51. The third-order valence-corrected chi connectivity index (χ3v) is 2.92. The lowest BCUT2D eigenvalue weighted by Crippen LogP contribution is -2.14. The van der Waals surface area contributed by atoms with E-state index in [1.165, 1.54) is 0 Å². The van der Waals surface area contributed by atoms with Crippen molar-refractivity contribution in [2.45, 2.75) is 31.6 Å². The molecule has 0 aliphatic rings. The van der Waals surface area contributed by atoms with E-state index in [0.717, 1.165) is 6.42 Å². The number of hydrogen-bond acceptors (Lipinski definition) is 4. The zero-order chi connectivity index (χ0) is 13.7. The average Bonchev–Trinajstić information content (AvgIpc) is 2.56. The smallest absolute Gasteiger partial charge is 0.313 e. The normalized spacial score (nSPS) is 12.7. The summed E-state index contributed by atoms with van der Waals surface area (Å²) in [5.41, 5.74) is 1.18. The number of alkyl halides is 1. The molecule has 1 aromatic heterocycles. The second-order valence-electron chi connectivity index (χ2n) is 4.13. The highest BCUT2D eigenvalue weighted by Gasteiger charge is 2.27. The highest BCUT2D eigenvalue weighted by atomic mass is 35.5. The highest BCUT2D eigenvalue weighted by molar-refractivity contribution is 6.20. The fraction of sp³-hybridized carbons (Fsp3) is 0.727. The van der Waals surface area contributed by atoms with Gasteiger partial charge in [0.05, 0.1) is 16.9 Å². The predicted molar refractivity (Wildman–Crippen MR) is 69.1 cm³/mol. The van der Waals surface area contributed by atoms with Crippen LogP contribution < -0.4 is 0 Å². The van der Waals surface area contributed by atoms with Gasteiger partial charge in [0.15, 0.2) is 0 Å². The van der Waals surface area contributed by atoms with E-state index in [-0.39, 0.29) is 16.0 Å². The fourth-order valence-corrected chi connectivity index (χ4v) is 2.18. The maximum absolute atomic E-state index is 11.1. The van der Waals surface area contributed by atoms with Gasteiger partial charge in [-0.25, -0.2) is 0 Å². The molecule has 0 fully saturated rings. The minimum atomic E-state index is -0.371. The van der Waals surface area contributed by atoms with Crippen LogP contribution in [0.2, 0.25) is 0 Å². The van der Waals surface area contributed by atoms with Gasteiger partial charge in [-0.3, -0.25) is 14.8 Å². The van der Waals surface area contributed by atoms with Crippen LogP contribution in [0.3, 0.4) is 0 Å². The minimum absolute atomic E-state index is 0.0982. The molecular weight excluding hydrogens is 258 g/mol. The second kappa shape index (κ2) is 6.70. The van der Waals surface area contributed by atoms with Gasteiger partial charge in [0.25, 0.3) is 0 Å². The number of hydrogen-bond donors (Lipinski definition) is 0. The third-order valence-electron chi connectivity index (χ3n) is 2.64. The summed E-state index contributed by atoms with van der Waals surface area (Å²) in [5.74, 6) is 0. The summed E-state index contributed by atoms with van der Waals surface area (Å²) in [6, 6.07) is 0. The topological polar surface area (TPSA) is 70.2 Å². The molecule has 1 aromatic rings. The Morgan fingerprint density at radius 3 is 2.78 bits per heavy atom. The van der Waals surface area contributed by atoms with Gasteiger partial charge in [-0.15, -0.1) is 11.6 Å². The molecule has 0 saturated heterocycles. The maximum Gasteiger partial charge on any atom is 0.313 e. The molecule has 1 heterocycles. The van der Waals surface area contributed by atoms with Crippen LogP contribution in [0.15, 0.2) is 0 Å². The van der Waals surface area contributed by atoms with Gasteiger partial charge >= 0.3 is 5.69 Å². The first-order valence-electron chi connectivity index (χ1n) is 5.83. The first-order valence-corrected chi connectivity index (χ1v) is 6.27. The number of methoxy groups -OCH3 is 1. The van der Waals surface area contributed by atoms with E-state index >= 15 is 0 Å². The molecule has 0 aliphatic heterocycles. The van der Waals surface area contributed by atoms with E-state index < -0.39 is 0 Å². The van der Waals surface area contributed by atoms with Crippen LogP contribution in [-0.4, -0.2) is 33.8 Å². The molecular formula is C11H18ClN3O3. The van der Waals surface area contributed by atoms with Crippen molar-refractivity contribution in [1.29, 1.82) is 0 Å². The van der Waals surface area contributed by atoms with Crippen molar-refractivity contribution < 1.29 is 9.66 Å². The number of aryl methyl sites for hydroxylation is 2. The summed E-state index contributed by atoms with van der Waals surface area (Å²) >= 11 is 6.06. The van der Waals surface area contributed by atoms with Crippen molar-refractivity contribution >= 4 is 17.3 Å². The Morgan fingerprint density at radius 1 is 1.61 bits per heavy atom. The Labute approximate surface area is 111 Å². The van der Waals surface area contributed by atoms with Crippen LogP contribution in [0.1, 0.15) is 24.7 Å². The fourth-order valence-electron chi connectivity index (χ4n) is 1.90. The summed E-state index contributed by atoms with van der Waals surface area (Å²) in [6.07, 6.45) is 1.79. The number of nitrogens with zero attached hydrogens (tertiary/aromatic N) is 3. The molecule has 0 bridgehead atoms. The van der Waals surface area contributed by atoms with Gasteiger partial charge in [-0.05, 0) is 6.42 Å². The second-order valence-corrected chi connectivity index (χ2v) is 4.75. The standard InChI is InChI=1S/C11H18ClN3O3/c1-4-5-9-11(15(16)17)10(14(2)13-9)6-8(12)7-18-3/h8H,4-7H2,1-3H3. The number of nitro groups is 1. The Bertz CT molecular complexity index is 420. The van der Waals surface area contributed by atoms with E-state index in [0.29, 0.717) is 30.8 Å². The van der Waals surface area contributed by atoms with E-state index in [2.05, 4.69) is 5.10 Å². The quantitative estimate of drug-likeness (QED) is 0.434. The van der Waals surface area contributed by atoms with Crippen LogP contribution in [-0.2, 0) is 24.6 Å². The lowest BCUT2D eigenvalue weighted by Gasteiger charge is -2.07. The highest BCUT2D eigenvalue weighted by Crippen LogP contribution is 2.26. The number of rotatable bonds is 7. The van der Waals surface area contributed by atoms with Crippen LogP contribution in [0.5, 0.6) is 0 Å². The minimum Gasteiger partial charge on any atom is -0.383 e. The van der Waals surface area contributed by atoms with E-state index in [9.17, 15) is 10.1 Å². The van der Waals surface area contributed by atoms with Gasteiger partial charge in [-0.2, -0.15) is 5.10 Å². The maximum atomic E-state index is 11.1. The zero-order valence-corrected chi connectivity index (χ0v) is 11.6. The number of halogens is 1. The van der Waals surface area contributed by atoms with Crippen LogP contribution >= 0.6 is 11.6 Å². The molecule has 18 heavy (non-hydrogen) atoms. The van der Waals surface area contributed by atoms with E-state index in [1.54, 1.807) is 18.8 Å². The van der Waals surface area contributed by atoms with Crippen LogP contribution in [0, 0.1) is 10.1 Å². The van der Waals surface area contributed by atoms with Crippen LogP contribution in [0.4, 0.5) is 5.69 Å². The summed E-state index contributed by atoms with van der Waals surface area (Å²) in [5, 5.41) is 15.1. The number of aromatic nitrogens is 2. The summed E-state index contributed by atoms with van der Waals surface area (Å²) in [7, 11) is 3.26. The molecule has 0 saturated carbocycles. The molecule has 102 valence electrons. The number of ether oxygens (including phenoxy) is 1.